The lowest BCUT2D eigenvalue weighted by molar-refractivity contribution is -0.131. The molecule has 0 bridgehead atoms. The van der Waals surface area contributed by atoms with Crippen molar-refractivity contribution in [3.63, 3.8) is 0 Å². The maximum Gasteiger partial charge on any atom is 0.327 e. The van der Waals surface area contributed by atoms with Crippen LogP contribution in [-0.4, -0.2) is 29.8 Å². The van der Waals surface area contributed by atoms with Crippen LogP contribution in [0.15, 0.2) is 35.6 Å². The van der Waals surface area contributed by atoms with E-state index in [0.29, 0.717) is 12.0 Å². The van der Waals surface area contributed by atoms with Crippen molar-refractivity contribution in [3.05, 3.63) is 35.6 Å². The summed E-state index contributed by atoms with van der Waals surface area (Å²) in [5.74, 6) is -1.05. The minimum atomic E-state index is -0.873. The molecule has 0 fully saturated rings. The Bertz CT molecular complexity index is 584. The molecule has 0 heterocycles. The predicted octanol–water partition coefficient (Wildman–Crippen LogP) is 4.92. The van der Waals surface area contributed by atoms with Gasteiger partial charge in [-0.05, 0) is 31.8 Å². The van der Waals surface area contributed by atoms with Crippen LogP contribution < -0.4 is 0 Å². The van der Waals surface area contributed by atoms with Crippen LogP contribution in [0.25, 0.3) is 0 Å². The number of carboxylic acids is 1. The van der Waals surface area contributed by atoms with Gasteiger partial charge in [0.1, 0.15) is 0 Å². The van der Waals surface area contributed by atoms with Crippen molar-refractivity contribution in [1.82, 2.24) is 0 Å². The second-order valence-corrected chi connectivity index (χ2v) is 6.93. The topological polar surface area (TPSA) is 80.7 Å². The molecule has 0 radical (unpaired) electrons. The van der Waals surface area contributed by atoms with Gasteiger partial charge < -0.3 is 9.84 Å². The van der Waals surface area contributed by atoms with E-state index in [4.69, 9.17) is 9.84 Å². The number of carbonyl (C=O) groups is 3. The van der Waals surface area contributed by atoms with Gasteiger partial charge in [0.25, 0.3) is 0 Å². The molecule has 0 aromatic heterocycles. The molecule has 27 heavy (non-hydrogen) atoms. The van der Waals surface area contributed by atoms with Crippen LogP contribution in [0.2, 0.25) is 0 Å². The van der Waals surface area contributed by atoms with Gasteiger partial charge in [0.2, 0.25) is 5.78 Å². The highest BCUT2D eigenvalue weighted by atomic mass is 16.5. The van der Waals surface area contributed by atoms with Crippen LogP contribution in [0, 0.1) is 0 Å². The Morgan fingerprint density at radius 1 is 0.926 bits per heavy atom. The molecule has 0 saturated heterocycles. The molecule has 0 saturated carbocycles. The van der Waals surface area contributed by atoms with Gasteiger partial charge in [-0.3, -0.25) is 9.59 Å². The van der Waals surface area contributed by atoms with Crippen molar-refractivity contribution in [2.75, 3.05) is 7.11 Å². The Kier molecular flexibility index (Phi) is 11.8. The molecule has 1 aliphatic rings. The lowest BCUT2D eigenvalue weighted by Crippen LogP contribution is -2.15. The van der Waals surface area contributed by atoms with E-state index in [-0.39, 0.29) is 17.3 Å². The average molecular weight is 376 g/mol. The summed E-state index contributed by atoms with van der Waals surface area (Å²) in [6, 6.07) is 0. The lowest BCUT2D eigenvalue weighted by Gasteiger charge is -2.12. The van der Waals surface area contributed by atoms with E-state index < -0.39 is 5.97 Å². The number of allylic oxidation sites excluding steroid dienone is 4. The third kappa shape index (κ3) is 10.5. The summed E-state index contributed by atoms with van der Waals surface area (Å²) < 4.78 is 4.96. The summed E-state index contributed by atoms with van der Waals surface area (Å²) in [7, 11) is 1.41. The first-order valence-electron chi connectivity index (χ1n) is 9.99. The molecule has 150 valence electrons. The summed E-state index contributed by atoms with van der Waals surface area (Å²) in [5.41, 5.74) is 0.567. The van der Waals surface area contributed by atoms with Crippen molar-refractivity contribution >= 4 is 17.5 Å². The van der Waals surface area contributed by atoms with Crippen molar-refractivity contribution in [2.45, 2.75) is 77.0 Å². The number of carbonyl (C=O) groups excluding carboxylic acids is 2. The van der Waals surface area contributed by atoms with E-state index in [1.165, 1.54) is 57.4 Å². The average Bonchev–Trinajstić information content (AvgIpc) is 2.64. The van der Waals surface area contributed by atoms with Gasteiger partial charge in [-0.25, -0.2) is 4.79 Å². The zero-order valence-electron chi connectivity index (χ0n) is 16.4. The van der Waals surface area contributed by atoms with Crippen molar-refractivity contribution in [3.8, 4) is 0 Å². The fraction of sp³-hybridized carbons (Fsp3) is 0.591. The molecule has 0 aromatic carbocycles. The smallest absolute Gasteiger partial charge is 0.327 e. The summed E-state index contributed by atoms with van der Waals surface area (Å²) >= 11 is 0. The zero-order chi connectivity index (χ0) is 19.9. The van der Waals surface area contributed by atoms with E-state index in [9.17, 15) is 14.4 Å². The first kappa shape index (κ1) is 22.9. The van der Waals surface area contributed by atoms with E-state index in [0.717, 1.165) is 38.5 Å². The number of hydrogen-bond donors (Lipinski definition) is 1. The molecule has 0 amide bonds. The number of aliphatic carboxylic acids is 1. The molecule has 0 aliphatic heterocycles. The number of hydrogen-bond acceptors (Lipinski definition) is 4. The van der Waals surface area contributed by atoms with Crippen LogP contribution in [0.4, 0.5) is 0 Å². The van der Waals surface area contributed by atoms with Crippen LogP contribution in [0.3, 0.4) is 0 Å². The number of carboxylic acid groups (broad SMARTS) is 1. The molecule has 1 N–H and O–H groups in total. The summed E-state index contributed by atoms with van der Waals surface area (Å²) in [6.07, 6.45) is 18.6. The van der Waals surface area contributed by atoms with Gasteiger partial charge in [-0.1, -0.05) is 57.4 Å². The van der Waals surface area contributed by atoms with Gasteiger partial charge in [0.15, 0.2) is 11.5 Å². The van der Waals surface area contributed by atoms with Gasteiger partial charge in [0, 0.05) is 17.7 Å². The van der Waals surface area contributed by atoms with Gasteiger partial charge >= 0.3 is 5.97 Å². The Morgan fingerprint density at radius 3 is 2.04 bits per heavy atom. The summed E-state index contributed by atoms with van der Waals surface area (Å²) in [6.45, 7) is 0. The monoisotopic (exact) mass is 376 g/mol. The third-order valence-corrected chi connectivity index (χ3v) is 4.65. The second kappa shape index (κ2) is 14.0. The van der Waals surface area contributed by atoms with Crippen LogP contribution in [-0.2, 0) is 19.1 Å². The van der Waals surface area contributed by atoms with Crippen LogP contribution in [0.1, 0.15) is 77.0 Å². The molecular weight excluding hydrogens is 344 g/mol. The van der Waals surface area contributed by atoms with Crippen molar-refractivity contribution in [2.24, 2.45) is 0 Å². The van der Waals surface area contributed by atoms with Gasteiger partial charge in [-0.2, -0.15) is 0 Å². The molecule has 0 spiro atoms. The predicted molar refractivity (Wildman–Crippen MR) is 105 cm³/mol. The van der Waals surface area contributed by atoms with Crippen LogP contribution >= 0.6 is 0 Å². The maximum absolute atomic E-state index is 12.0. The molecule has 0 unspecified atom stereocenters. The number of methoxy groups -OCH3 is 1. The van der Waals surface area contributed by atoms with E-state index in [2.05, 4.69) is 0 Å². The molecule has 1 aliphatic carbocycles. The highest BCUT2D eigenvalue weighted by Gasteiger charge is 2.21. The number of rotatable bonds is 15. The molecular formula is C22H32O5. The summed E-state index contributed by atoms with van der Waals surface area (Å²) in [4.78, 5) is 33.9. The van der Waals surface area contributed by atoms with Gasteiger partial charge in [0.05, 0.1) is 7.11 Å². The highest BCUT2D eigenvalue weighted by Crippen LogP contribution is 2.20. The van der Waals surface area contributed by atoms with E-state index in [1.807, 2.05) is 0 Å². The fourth-order valence-electron chi connectivity index (χ4n) is 3.15. The molecule has 1 rings (SSSR count). The first-order chi connectivity index (χ1) is 13.0. The Labute approximate surface area is 162 Å². The van der Waals surface area contributed by atoms with E-state index >= 15 is 0 Å². The largest absolute Gasteiger partial charge is 0.493 e. The third-order valence-electron chi connectivity index (χ3n) is 4.65. The Morgan fingerprint density at radius 2 is 1.48 bits per heavy atom. The molecule has 5 nitrogen and oxygen atoms in total. The van der Waals surface area contributed by atoms with Gasteiger partial charge in [-0.15, -0.1) is 0 Å². The SMILES string of the molecule is COC1=CC(=O)C=C(CCCCCCCCCCCC/C=C/C(=O)O)C1=O. The first-order valence-corrected chi connectivity index (χ1v) is 9.99. The normalized spacial score (nSPS) is 14.4. The molecule has 5 heteroatoms. The fourth-order valence-corrected chi connectivity index (χ4v) is 3.15. The minimum Gasteiger partial charge on any atom is -0.493 e. The lowest BCUT2D eigenvalue weighted by atomic mass is 9.96. The quantitative estimate of drug-likeness (QED) is 0.249. The Balaban J connectivity index is 1.94. The number of unbranched alkanes of at least 4 members (excludes halogenated alkanes) is 10. The van der Waals surface area contributed by atoms with Crippen LogP contribution in [0.5, 0.6) is 0 Å². The standard InChI is InChI=1S/C22H32O5/c1-27-20-17-19(23)16-18(22(20)26)14-12-10-8-6-4-2-3-5-7-9-11-13-15-21(24)25/h13,15-17H,2-12,14H2,1H3,(H,24,25)/b15-13+. The molecule has 0 atom stereocenters. The van der Waals surface area contributed by atoms with Crippen molar-refractivity contribution in [1.29, 1.82) is 0 Å². The van der Waals surface area contributed by atoms with E-state index in [1.54, 1.807) is 6.08 Å². The Hall–Kier alpha value is -2.17. The number of ether oxygens (including phenoxy) is 1. The maximum atomic E-state index is 12.0. The highest BCUT2D eigenvalue weighted by molar-refractivity contribution is 6.19. The summed E-state index contributed by atoms with van der Waals surface area (Å²) in [5, 5.41) is 8.47. The van der Waals surface area contributed by atoms with Crippen molar-refractivity contribution < 1.29 is 24.2 Å². The minimum absolute atomic E-state index is 0.149. The number of ketones is 2. The zero-order valence-corrected chi connectivity index (χ0v) is 16.4. The second-order valence-electron chi connectivity index (χ2n) is 6.93. The number of Topliss-reactive ketones (excluding diaryl/α,β-unsaturated/α-hetero) is 1. The molecule has 0 aromatic rings.